The average Bonchev–Trinajstić information content (AvgIpc) is 2.47. The fourth-order valence-electron chi connectivity index (χ4n) is 1.35. The van der Waals surface area contributed by atoms with Gasteiger partial charge in [-0.15, -0.1) is 0 Å². The second-order valence-electron chi connectivity index (χ2n) is 2.88. The molecule has 1 aliphatic rings. The normalized spacial score (nSPS) is 33.3. The van der Waals surface area contributed by atoms with Crippen LogP contribution in [-0.4, -0.2) is 16.2 Å². The minimum absolute atomic E-state index is 0.908. The summed E-state index contributed by atoms with van der Waals surface area (Å²) in [6.07, 6.45) is 4.22. The van der Waals surface area contributed by atoms with Crippen molar-refractivity contribution in [1.29, 1.82) is 0 Å². The van der Waals surface area contributed by atoms with E-state index in [0.29, 0.717) is 0 Å². The zero-order chi connectivity index (χ0) is 6.85. The number of hydrogen-bond acceptors (Lipinski definition) is 1. The van der Waals surface area contributed by atoms with Crippen molar-refractivity contribution in [2.45, 2.75) is 32.2 Å². The van der Waals surface area contributed by atoms with E-state index in [4.69, 9.17) is 0 Å². The van der Waals surface area contributed by atoms with Crippen LogP contribution < -0.4 is 0 Å². The minimum Gasteiger partial charge on any atom is -0.247 e. The van der Waals surface area contributed by atoms with Crippen molar-refractivity contribution >= 4 is 22.9 Å². The molecule has 1 saturated carbocycles. The van der Waals surface area contributed by atoms with Crippen LogP contribution in [-0.2, 0) is 0 Å². The smallest absolute Gasteiger partial charge is 0.0223 e. The topological polar surface area (TPSA) is 3.24 Å². The van der Waals surface area contributed by atoms with Gasteiger partial charge < -0.3 is 0 Å². The van der Waals surface area contributed by atoms with Crippen molar-refractivity contribution in [1.82, 2.24) is 3.11 Å². The molecule has 2 atom stereocenters. The Labute approximate surface area is 71.3 Å². The molecule has 0 spiro atoms. The van der Waals surface area contributed by atoms with Gasteiger partial charge in [-0.1, -0.05) is 13.3 Å². The molecule has 0 aromatic carbocycles. The van der Waals surface area contributed by atoms with Crippen molar-refractivity contribution < 1.29 is 0 Å². The van der Waals surface area contributed by atoms with Gasteiger partial charge in [-0.25, -0.2) is 3.11 Å². The average molecular weight is 239 g/mol. The van der Waals surface area contributed by atoms with Gasteiger partial charge in [0.15, 0.2) is 0 Å². The monoisotopic (exact) mass is 239 g/mol. The van der Waals surface area contributed by atoms with Crippen molar-refractivity contribution in [3.05, 3.63) is 0 Å². The van der Waals surface area contributed by atoms with Crippen LogP contribution in [0, 0.1) is 5.92 Å². The standard InChI is InChI=1S/C7H14IN/c1-3-4-6-5-7(6)9(2)8/h6-7H,3-5H2,1-2H3/t6?,7-/m0/s1. The van der Waals surface area contributed by atoms with Crippen LogP contribution in [0.2, 0.25) is 0 Å². The molecule has 0 amide bonds. The maximum absolute atomic E-state index is 2.38. The molecular weight excluding hydrogens is 225 g/mol. The number of rotatable bonds is 3. The molecule has 1 nitrogen and oxygen atoms in total. The second-order valence-corrected chi connectivity index (χ2v) is 4.40. The highest BCUT2D eigenvalue weighted by atomic mass is 127. The summed E-state index contributed by atoms with van der Waals surface area (Å²) in [5, 5.41) is 0. The summed E-state index contributed by atoms with van der Waals surface area (Å²) >= 11 is 2.38. The first kappa shape index (κ1) is 7.79. The molecule has 0 saturated heterocycles. The summed E-state index contributed by atoms with van der Waals surface area (Å²) < 4.78 is 2.32. The van der Waals surface area contributed by atoms with E-state index in [9.17, 15) is 0 Å². The van der Waals surface area contributed by atoms with Crippen LogP contribution in [0.1, 0.15) is 26.2 Å². The molecular formula is C7H14IN. The molecule has 0 bridgehead atoms. The lowest BCUT2D eigenvalue weighted by molar-refractivity contribution is 0.538. The molecule has 0 N–H and O–H groups in total. The highest BCUT2D eigenvalue weighted by Gasteiger charge is 2.38. The highest BCUT2D eigenvalue weighted by molar-refractivity contribution is 14.1. The predicted octanol–water partition coefficient (Wildman–Crippen LogP) is 2.46. The van der Waals surface area contributed by atoms with Gasteiger partial charge in [-0.2, -0.15) is 0 Å². The molecule has 1 unspecified atom stereocenters. The van der Waals surface area contributed by atoms with Gasteiger partial charge in [-0.3, -0.25) is 0 Å². The fraction of sp³-hybridized carbons (Fsp3) is 1.00. The Bertz CT molecular complexity index is 92.9. The summed E-state index contributed by atoms with van der Waals surface area (Å²) in [5.41, 5.74) is 0. The van der Waals surface area contributed by atoms with E-state index in [-0.39, 0.29) is 0 Å². The van der Waals surface area contributed by atoms with Gasteiger partial charge in [0.05, 0.1) is 0 Å². The van der Waals surface area contributed by atoms with E-state index >= 15 is 0 Å². The van der Waals surface area contributed by atoms with E-state index in [0.717, 1.165) is 12.0 Å². The third-order valence-electron chi connectivity index (χ3n) is 2.00. The maximum atomic E-state index is 2.38. The van der Waals surface area contributed by atoms with E-state index in [1.807, 2.05) is 0 Å². The number of halogens is 1. The first-order valence-electron chi connectivity index (χ1n) is 3.64. The summed E-state index contributed by atoms with van der Waals surface area (Å²) in [6, 6.07) is 0.908. The highest BCUT2D eigenvalue weighted by Crippen LogP contribution is 2.39. The summed E-state index contributed by atoms with van der Waals surface area (Å²) in [6.45, 7) is 2.27. The Balaban J connectivity index is 2.09. The number of nitrogens with zero attached hydrogens (tertiary/aromatic N) is 1. The first-order valence-corrected chi connectivity index (χ1v) is 4.60. The predicted molar refractivity (Wildman–Crippen MR) is 48.6 cm³/mol. The van der Waals surface area contributed by atoms with Crippen LogP contribution in [0.5, 0.6) is 0 Å². The van der Waals surface area contributed by atoms with Crippen LogP contribution in [0.25, 0.3) is 0 Å². The zero-order valence-corrected chi connectivity index (χ0v) is 8.26. The molecule has 0 aromatic heterocycles. The second kappa shape index (κ2) is 3.19. The Kier molecular flexibility index (Phi) is 2.76. The lowest BCUT2D eigenvalue weighted by atomic mass is 10.2. The van der Waals surface area contributed by atoms with Crippen LogP contribution in [0.15, 0.2) is 0 Å². The molecule has 0 heterocycles. The van der Waals surface area contributed by atoms with Crippen LogP contribution in [0.3, 0.4) is 0 Å². The van der Waals surface area contributed by atoms with E-state index in [2.05, 4.69) is 39.9 Å². The van der Waals surface area contributed by atoms with E-state index in [1.54, 1.807) is 0 Å². The summed E-state index contributed by atoms with van der Waals surface area (Å²) in [7, 11) is 2.17. The lowest BCUT2D eigenvalue weighted by Gasteiger charge is -2.04. The Morgan fingerprint density at radius 1 is 1.67 bits per heavy atom. The van der Waals surface area contributed by atoms with Gasteiger partial charge in [-0.05, 0) is 25.8 Å². The zero-order valence-electron chi connectivity index (χ0n) is 6.10. The van der Waals surface area contributed by atoms with Gasteiger partial charge in [0, 0.05) is 28.9 Å². The third-order valence-corrected chi connectivity index (χ3v) is 2.72. The van der Waals surface area contributed by atoms with Crippen molar-refractivity contribution in [3.8, 4) is 0 Å². The third kappa shape index (κ3) is 2.08. The first-order chi connectivity index (χ1) is 4.25. The maximum Gasteiger partial charge on any atom is 0.0223 e. The Morgan fingerprint density at radius 3 is 2.67 bits per heavy atom. The van der Waals surface area contributed by atoms with E-state index in [1.165, 1.54) is 19.3 Å². The summed E-state index contributed by atoms with van der Waals surface area (Å²) in [5.74, 6) is 1.02. The van der Waals surface area contributed by atoms with Gasteiger partial charge in [0.2, 0.25) is 0 Å². The van der Waals surface area contributed by atoms with Crippen LogP contribution >= 0.6 is 22.9 Å². The van der Waals surface area contributed by atoms with Gasteiger partial charge in [0.25, 0.3) is 0 Å². The van der Waals surface area contributed by atoms with Gasteiger partial charge in [0.1, 0.15) is 0 Å². The molecule has 9 heavy (non-hydrogen) atoms. The molecule has 1 aliphatic carbocycles. The molecule has 54 valence electrons. The quantitative estimate of drug-likeness (QED) is 0.540. The molecule has 1 fully saturated rings. The van der Waals surface area contributed by atoms with Gasteiger partial charge >= 0.3 is 0 Å². The Hall–Kier alpha value is 0.690. The van der Waals surface area contributed by atoms with Crippen molar-refractivity contribution in [2.24, 2.45) is 5.92 Å². The van der Waals surface area contributed by atoms with Crippen molar-refractivity contribution in [2.75, 3.05) is 7.05 Å². The van der Waals surface area contributed by atoms with E-state index < -0.39 is 0 Å². The molecule has 0 aromatic rings. The molecule has 2 heteroatoms. The fourth-order valence-corrected chi connectivity index (χ4v) is 2.03. The largest absolute Gasteiger partial charge is 0.247 e. The molecule has 0 aliphatic heterocycles. The van der Waals surface area contributed by atoms with Crippen LogP contribution in [0.4, 0.5) is 0 Å². The Morgan fingerprint density at radius 2 is 2.33 bits per heavy atom. The van der Waals surface area contributed by atoms with Crippen molar-refractivity contribution in [3.63, 3.8) is 0 Å². The SMILES string of the molecule is CCCC1C[C@@H]1N(C)I. The lowest BCUT2D eigenvalue weighted by Crippen LogP contribution is -2.08. The molecule has 1 rings (SSSR count). The number of hydrogen-bond donors (Lipinski definition) is 0. The minimum atomic E-state index is 0.908. The molecule has 0 radical (unpaired) electrons. The summed E-state index contributed by atoms with van der Waals surface area (Å²) in [4.78, 5) is 0.